The Morgan fingerprint density at radius 2 is 1.67 bits per heavy atom. The summed E-state index contributed by atoms with van der Waals surface area (Å²) in [4.78, 5) is 2.44. The molecule has 2 rings (SSSR count). The Bertz CT molecular complexity index is 367. The quantitative estimate of drug-likeness (QED) is 0.865. The molecule has 0 radical (unpaired) electrons. The van der Waals surface area contributed by atoms with Gasteiger partial charge in [-0.05, 0) is 43.6 Å². The highest BCUT2D eigenvalue weighted by atomic mass is 16.5. The number of hydrogen-bond donors (Lipinski definition) is 1. The summed E-state index contributed by atoms with van der Waals surface area (Å²) in [6.07, 6.45) is 2.52. The fourth-order valence-electron chi connectivity index (χ4n) is 2.57. The third kappa shape index (κ3) is 2.76. The van der Waals surface area contributed by atoms with Gasteiger partial charge < -0.3 is 15.2 Å². The Kier molecular flexibility index (Phi) is 4.44. The van der Waals surface area contributed by atoms with Gasteiger partial charge in [-0.25, -0.2) is 0 Å². The first-order valence-electron chi connectivity index (χ1n) is 6.45. The van der Waals surface area contributed by atoms with E-state index in [9.17, 15) is 0 Å². The zero-order valence-electron chi connectivity index (χ0n) is 11.2. The number of nitrogens with zero attached hydrogens (tertiary/aromatic N) is 1. The fraction of sp³-hybridized carbons (Fsp3) is 0.571. The normalized spacial score (nSPS) is 17.7. The molecule has 0 saturated carbocycles. The van der Waals surface area contributed by atoms with E-state index in [1.807, 2.05) is 6.07 Å². The maximum Gasteiger partial charge on any atom is 0.122 e. The third-order valence-corrected chi connectivity index (χ3v) is 3.56. The van der Waals surface area contributed by atoms with Crippen molar-refractivity contribution >= 4 is 0 Å². The van der Waals surface area contributed by atoms with Gasteiger partial charge in [-0.1, -0.05) is 0 Å². The van der Waals surface area contributed by atoms with Crippen molar-refractivity contribution in [1.29, 1.82) is 0 Å². The van der Waals surface area contributed by atoms with Gasteiger partial charge >= 0.3 is 0 Å². The van der Waals surface area contributed by atoms with Crippen LogP contribution in [0, 0.1) is 0 Å². The summed E-state index contributed by atoms with van der Waals surface area (Å²) < 4.78 is 10.6. The lowest BCUT2D eigenvalue weighted by atomic mass is 10.0. The van der Waals surface area contributed by atoms with Crippen LogP contribution in [0.15, 0.2) is 18.2 Å². The van der Waals surface area contributed by atoms with Crippen LogP contribution in [0.5, 0.6) is 11.5 Å². The van der Waals surface area contributed by atoms with Gasteiger partial charge in [0.2, 0.25) is 0 Å². The molecule has 0 spiro atoms. The van der Waals surface area contributed by atoms with Crippen LogP contribution >= 0.6 is 0 Å². The highest BCUT2D eigenvalue weighted by Crippen LogP contribution is 2.30. The Hall–Kier alpha value is -1.26. The van der Waals surface area contributed by atoms with Crippen LogP contribution in [0.1, 0.15) is 24.4 Å². The molecule has 1 fully saturated rings. The highest BCUT2D eigenvalue weighted by molar-refractivity contribution is 5.40. The summed E-state index contributed by atoms with van der Waals surface area (Å²) in [6.45, 7) is 2.87. The first kappa shape index (κ1) is 13.2. The van der Waals surface area contributed by atoms with Gasteiger partial charge in [0.15, 0.2) is 0 Å². The van der Waals surface area contributed by atoms with Crippen molar-refractivity contribution in [3.63, 3.8) is 0 Å². The summed E-state index contributed by atoms with van der Waals surface area (Å²) in [7, 11) is 3.34. The van der Waals surface area contributed by atoms with Crippen LogP contribution in [0.25, 0.3) is 0 Å². The van der Waals surface area contributed by atoms with Crippen molar-refractivity contribution in [3.05, 3.63) is 23.8 Å². The third-order valence-electron chi connectivity index (χ3n) is 3.56. The molecular formula is C14H22N2O2. The van der Waals surface area contributed by atoms with Gasteiger partial charge in [-0.2, -0.15) is 0 Å². The Labute approximate surface area is 109 Å². The van der Waals surface area contributed by atoms with Crippen LogP contribution < -0.4 is 15.2 Å². The van der Waals surface area contributed by atoms with E-state index in [1.165, 1.54) is 18.4 Å². The van der Waals surface area contributed by atoms with Crippen LogP contribution in [0.3, 0.4) is 0 Å². The number of ether oxygens (including phenoxy) is 2. The van der Waals surface area contributed by atoms with E-state index in [1.54, 1.807) is 14.2 Å². The van der Waals surface area contributed by atoms with Crippen LogP contribution in [0.4, 0.5) is 0 Å². The summed E-state index contributed by atoms with van der Waals surface area (Å²) >= 11 is 0. The maximum absolute atomic E-state index is 5.94. The van der Waals surface area contributed by atoms with Crippen LogP contribution in [-0.2, 0) is 0 Å². The summed E-state index contributed by atoms with van der Waals surface area (Å²) in [5.74, 6) is 1.64. The maximum atomic E-state index is 5.94. The highest BCUT2D eigenvalue weighted by Gasteiger charge is 2.23. The molecule has 0 aliphatic carbocycles. The van der Waals surface area contributed by atoms with E-state index in [2.05, 4.69) is 17.0 Å². The lowest BCUT2D eigenvalue weighted by Gasteiger charge is -2.27. The standard InChI is InChI=1S/C14H22N2O2/c1-17-12-7-11(8-13(9-12)18-2)14(10-15)16-5-3-4-6-16/h7-9,14H,3-6,10,15H2,1-2H3/t14-/m1/s1. The van der Waals surface area contributed by atoms with Crippen LogP contribution in [0.2, 0.25) is 0 Å². The molecule has 0 amide bonds. The molecule has 1 aromatic rings. The van der Waals surface area contributed by atoms with Gasteiger partial charge in [0.25, 0.3) is 0 Å². The summed E-state index contributed by atoms with van der Waals surface area (Å²) in [5.41, 5.74) is 7.12. The number of benzene rings is 1. The molecule has 1 heterocycles. The average Bonchev–Trinajstić information content (AvgIpc) is 2.93. The molecular weight excluding hydrogens is 228 g/mol. The molecule has 1 aliphatic rings. The minimum atomic E-state index is 0.261. The second kappa shape index (κ2) is 6.07. The molecule has 0 aromatic heterocycles. The van der Waals surface area contributed by atoms with E-state index < -0.39 is 0 Å². The Balaban J connectivity index is 2.28. The van der Waals surface area contributed by atoms with Gasteiger partial charge in [-0.3, -0.25) is 4.90 Å². The van der Waals surface area contributed by atoms with Crippen LogP contribution in [-0.4, -0.2) is 38.8 Å². The smallest absolute Gasteiger partial charge is 0.122 e. The van der Waals surface area contributed by atoms with Gasteiger partial charge in [0, 0.05) is 18.7 Å². The summed E-state index contributed by atoms with van der Waals surface area (Å²) in [5, 5.41) is 0. The monoisotopic (exact) mass is 250 g/mol. The molecule has 2 N–H and O–H groups in total. The molecule has 4 nitrogen and oxygen atoms in total. The molecule has 100 valence electrons. The van der Waals surface area contributed by atoms with Crippen molar-refractivity contribution in [2.75, 3.05) is 33.9 Å². The minimum Gasteiger partial charge on any atom is -0.497 e. The zero-order valence-corrected chi connectivity index (χ0v) is 11.2. The SMILES string of the molecule is COc1cc(OC)cc([C@@H](CN)N2CCCC2)c1. The van der Waals surface area contributed by atoms with Gasteiger partial charge in [-0.15, -0.1) is 0 Å². The van der Waals surface area contributed by atoms with E-state index >= 15 is 0 Å². The van der Waals surface area contributed by atoms with Crippen molar-refractivity contribution < 1.29 is 9.47 Å². The minimum absolute atomic E-state index is 0.261. The van der Waals surface area contributed by atoms with E-state index in [-0.39, 0.29) is 6.04 Å². The molecule has 4 heteroatoms. The second-order valence-corrected chi connectivity index (χ2v) is 4.64. The number of nitrogens with two attached hydrogens (primary N) is 1. The van der Waals surface area contributed by atoms with Gasteiger partial charge in [0.1, 0.15) is 11.5 Å². The van der Waals surface area contributed by atoms with E-state index in [0.717, 1.165) is 24.6 Å². The van der Waals surface area contributed by atoms with Crippen molar-refractivity contribution in [3.8, 4) is 11.5 Å². The first-order valence-corrected chi connectivity index (χ1v) is 6.45. The predicted molar refractivity (Wildman–Crippen MR) is 72.1 cm³/mol. The van der Waals surface area contributed by atoms with E-state index in [0.29, 0.717) is 6.54 Å². The molecule has 0 unspecified atom stereocenters. The average molecular weight is 250 g/mol. The van der Waals surface area contributed by atoms with Gasteiger partial charge in [0.05, 0.1) is 14.2 Å². The largest absolute Gasteiger partial charge is 0.497 e. The lowest BCUT2D eigenvalue weighted by Crippen LogP contribution is -2.31. The Morgan fingerprint density at radius 1 is 1.11 bits per heavy atom. The lowest BCUT2D eigenvalue weighted by molar-refractivity contribution is 0.250. The van der Waals surface area contributed by atoms with Crippen molar-refractivity contribution in [2.45, 2.75) is 18.9 Å². The number of hydrogen-bond acceptors (Lipinski definition) is 4. The Morgan fingerprint density at radius 3 is 2.11 bits per heavy atom. The zero-order chi connectivity index (χ0) is 13.0. The molecule has 18 heavy (non-hydrogen) atoms. The van der Waals surface area contributed by atoms with E-state index in [4.69, 9.17) is 15.2 Å². The number of likely N-dealkylation sites (tertiary alicyclic amines) is 1. The topological polar surface area (TPSA) is 47.7 Å². The molecule has 1 saturated heterocycles. The fourth-order valence-corrected chi connectivity index (χ4v) is 2.57. The number of rotatable bonds is 5. The second-order valence-electron chi connectivity index (χ2n) is 4.64. The molecule has 1 aliphatic heterocycles. The van der Waals surface area contributed by atoms with Crippen molar-refractivity contribution in [1.82, 2.24) is 4.90 Å². The first-order chi connectivity index (χ1) is 8.78. The molecule has 1 atom stereocenters. The summed E-state index contributed by atoms with van der Waals surface area (Å²) in [6, 6.07) is 6.26. The molecule has 1 aromatic carbocycles. The predicted octanol–water partition coefficient (Wildman–Crippen LogP) is 1.80. The number of methoxy groups -OCH3 is 2. The van der Waals surface area contributed by atoms with Crippen molar-refractivity contribution in [2.24, 2.45) is 5.73 Å². The molecule has 0 bridgehead atoms.